The van der Waals surface area contributed by atoms with E-state index in [4.69, 9.17) is 9.47 Å². The average molecular weight is 543 g/mol. The number of alkyl halides is 1. The van der Waals surface area contributed by atoms with Gasteiger partial charge < -0.3 is 35.2 Å². The number of fused-ring (bicyclic) bond motifs is 3. The Labute approximate surface area is 221 Å². The van der Waals surface area contributed by atoms with E-state index in [1.807, 2.05) is 48.5 Å². The Morgan fingerprint density at radius 1 is 1.08 bits per heavy atom. The van der Waals surface area contributed by atoms with Crippen molar-refractivity contribution < 1.29 is 43.9 Å². The number of aliphatic carboxylic acids is 1. The van der Waals surface area contributed by atoms with Crippen LogP contribution in [0, 0.1) is 0 Å². The average Bonchev–Trinajstić information content (AvgIpc) is 3.53. The number of halogens is 1. The minimum Gasteiger partial charge on any atom is -0.480 e. The van der Waals surface area contributed by atoms with Crippen molar-refractivity contribution in [2.75, 3.05) is 13.2 Å². The number of aromatic nitrogens is 3. The van der Waals surface area contributed by atoms with Crippen LogP contribution in [0.3, 0.4) is 0 Å². The summed E-state index contributed by atoms with van der Waals surface area (Å²) in [6, 6.07) is 14.2. The molecule has 0 unspecified atom stereocenters. The van der Waals surface area contributed by atoms with Gasteiger partial charge in [0.15, 0.2) is 12.4 Å². The molecule has 1 amide bonds. The number of aliphatic hydroxyl groups is 3. The second kappa shape index (κ2) is 11.1. The summed E-state index contributed by atoms with van der Waals surface area (Å²) in [5.74, 6) is -1.55. The molecule has 1 aromatic heterocycles. The van der Waals surface area contributed by atoms with Gasteiger partial charge in [-0.25, -0.2) is 18.7 Å². The highest BCUT2D eigenvalue weighted by molar-refractivity contribution is 5.81. The predicted molar refractivity (Wildman–Crippen MR) is 131 cm³/mol. The normalized spacial score (nSPS) is 25.0. The Kier molecular flexibility index (Phi) is 7.57. The fraction of sp³-hybridized carbons (Fsp3) is 0.385. The molecule has 1 aliphatic heterocycles. The van der Waals surface area contributed by atoms with E-state index in [0.717, 1.165) is 26.9 Å². The fourth-order valence-corrected chi connectivity index (χ4v) is 4.99. The zero-order chi connectivity index (χ0) is 27.7. The molecule has 13 heteroatoms. The van der Waals surface area contributed by atoms with Crippen LogP contribution in [0.15, 0.2) is 54.7 Å². The molecule has 2 aromatic carbocycles. The number of hydrogen-bond donors (Lipinski definition) is 5. The lowest BCUT2D eigenvalue weighted by atomic mass is 9.98. The summed E-state index contributed by atoms with van der Waals surface area (Å²) in [5, 5.41) is 48.6. The maximum Gasteiger partial charge on any atom is 0.407 e. The first-order valence-corrected chi connectivity index (χ1v) is 12.3. The zero-order valence-corrected chi connectivity index (χ0v) is 20.5. The monoisotopic (exact) mass is 542 g/mol. The van der Waals surface area contributed by atoms with Gasteiger partial charge in [-0.15, -0.1) is 5.10 Å². The van der Waals surface area contributed by atoms with Crippen LogP contribution in [-0.4, -0.2) is 91.2 Å². The number of carbonyl (C=O) groups is 2. The summed E-state index contributed by atoms with van der Waals surface area (Å²) in [7, 11) is 0. The Balaban J connectivity index is 1.22. The van der Waals surface area contributed by atoms with E-state index < -0.39 is 55.4 Å². The van der Waals surface area contributed by atoms with Crippen LogP contribution >= 0.6 is 0 Å². The minimum absolute atomic E-state index is 0.000506. The molecule has 0 bridgehead atoms. The van der Waals surface area contributed by atoms with Crippen molar-refractivity contribution in [3.63, 3.8) is 0 Å². The van der Waals surface area contributed by atoms with Crippen molar-refractivity contribution in [2.45, 2.75) is 49.1 Å². The topological polar surface area (TPSA) is 176 Å². The lowest BCUT2D eigenvalue weighted by Gasteiger charge is -2.38. The van der Waals surface area contributed by atoms with Gasteiger partial charge in [-0.2, -0.15) is 0 Å². The fourth-order valence-electron chi connectivity index (χ4n) is 4.99. The summed E-state index contributed by atoms with van der Waals surface area (Å²) in [6.45, 7) is -0.673. The molecule has 1 aliphatic carbocycles. The number of amides is 1. The summed E-state index contributed by atoms with van der Waals surface area (Å²) >= 11 is 0. The van der Waals surface area contributed by atoms with Crippen LogP contribution < -0.4 is 5.32 Å². The Morgan fingerprint density at radius 2 is 1.72 bits per heavy atom. The number of carboxylic acids is 1. The van der Waals surface area contributed by atoms with E-state index in [2.05, 4.69) is 15.6 Å². The van der Waals surface area contributed by atoms with Crippen LogP contribution in [0.1, 0.15) is 29.0 Å². The smallest absolute Gasteiger partial charge is 0.407 e. The first-order chi connectivity index (χ1) is 18.8. The van der Waals surface area contributed by atoms with Gasteiger partial charge in [0.1, 0.15) is 31.0 Å². The van der Waals surface area contributed by atoms with E-state index in [-0.39, 0.29) is 24.6 Å². The number of alkyl carbamates (subject to hydrolysis) is 1. The molecule has 1 saturated heterocycles. The number of rotatable bonds is 8. The predicted octanol–water partition coefficient (Wildman–Crippen LogP) is 0.762. The van der Waals surface area contributed by atoms with Gasteiger partial charge in [0.25, 0.3) is 0 Å². The molecule has 5 N–H and O–H groups in total. The van der Waals surface area contributed by atoms with E-state index in [1.54, 1.807) is 0 Å². The SMILES string of the molecule is O=C(N[C@@H](Cc1cn([C@@H]2O[C@H](CO)[C@@H](O)[C@H](O)[C@H]2F)nn1)C(=O)O)OCC1c2ccccc2-c2ccccc21. The third kappa shape index (κ3) is 5.21. The highest BCUT2D eigenvalue weighted by atomic mass is 19.1. The van der Waals surface area contributed by atoms with Crippen molar-refractivity contribution in [3.8, 4) is 11.1 Å². The van der Waals surface area contributed by atoms with Crippen LogP contribution in [-0.2, 0) is 20.7 Å². The maximum atomic E-state index is 14.6. The molecule has 0 spiro atoms. The Hall–Kier alpha value is -3.91. The van der Waals surface area contributed by atoms with Gasteiger partial charge in [-0.1, -0.05) is 53.7 Å². The van der Waals surface area contributed by atoms with Crippen LogP contribution in [0.2, 0.25) is 0 Å². The van der Waals surface area contributed by atoms with E-state index in [0.29, 0.717) is 0 Å². The number of nitrogens with one attached hydrogen (secondary N) is 1. The van der Waals surface area contributed by atoms with Gasteiger partial charge in [0, 0.05) is 12.3 Å². The lowest BCUT2D eigenvalue weighted by Crippen LogP contribution is -2.55. The second-order valence-electron chi connectivity index (χ2n) is 9.43. The number of ether oxygens (including phenoxy) is 2. The molecule has 0 saturated carbocycles. The van der Waals surface area contributed by atoms with Gasteiger partial charge in [0.05, 0.1) is 18.5 Å². The maximum absolute atomic E-state index is 14.6. The molecule has 0 radical (unpaired) electrons. The van der Waals surface area contributed by atoms with Crippen molar-refractivity contribution in [1.82, 2.24) is 20.3 Å². The van der Waals surface area contributed by atoms with Crippen molar-refractivity contribution in [3.05, 3.63) is 71.5 Å². The highest BCUT2D eigenvalue weighted by Gasteiger charge is 2.46. The van der Waals surface area contributed by atoms with Crippen LogP contribution in [0.4, 0.5) is 9.18 Å². The molecule has 5 rings (SSSR count). The summed E-state index contributed by atoms with van der Waals surface area (Å²) in [6.07, 6.45) is -8.38. The molecule has 12 nitrogen and oxygen atoms in total. The Morgan fingerprint density at radius 3 is 2.33 bits per heavy atom. The Bertz CT molecular complexity index is 1310. The minimum atomic E-state index is -2.09. The van der Waals surface area contributed by atoms with E-state index in [1.165, 1.54) is 6.20 Å². The van der Waals surface area contributed by atoms with Crippen LogP contribution in [0.5, 0.6) is 0 Å². The molecule has 2 aliphatic rings. The lowest BCUT2D eigenvalue weighted by molar-refractivity contribution is -0.237. The van der Waals surface area contributed by atoms with Crippen molar-refractivity contribution in [1.29, 1.82) is 0 Å². The molecule has 6 atom stereocenters. The molecule has 206 valence electrons. The third-order valence-corrected chi connectivity index (χ3v) is 6.99. The van der Waals surface area contributed by atoms with Gasteiger partial charge in [-0.3, -0.25) is 0 Å². The quantitative estimate of drug-likeness (QED) is 0.273. The van der Waals surface area contributed by atoms with Crippen LogP contribution in [0.25, 0.3) is 11.1 Å². The summed E-state index contributed by atoms with van der Waals surface area (Å²) in [4.78, 5) is 24.4. The molecule has 39 heavy (non-hydrogen) atoms. The molecule has 3 aromatic rings. The number of aliphatic hydroxyl groups excluding tert-OH is 3. The number of hydrogen-bond acceptors (Lipinski definition) is 9. The van der Waals surface area contributed by atoms with E-state index >= 15 is 0 Å². The summed E-state index contributed by atoms with van der Waals surface area (Å²) < 4.78 is 26.2. The van der Waals surface area contributed by atoms with Crippen molar-refractivity contribution in [2.24, 2.45) is 0 Å². The first-order valence-electron chi connectivity index (χ1n) is 12.3. The molecule has 2 heterocycles. The van der Waals surface area contributed by atoms with Crippen molar-refractivity contribution >= 4 is 12.1 Å². The highest BCUT2D eigenvalue weighted by Crippen LogP contribution is 2.44. The third-order valence-electron chi connectivity index (χ3n) is 6.99. The molecule has 1 fully saturated rings. The standard InChI is InChI=1S/C26H27FN4O8/c27-21-23(34)22(33)20(11-32)39-24(21)31-10-13(29-30-31)9-19(25(35)36)28-26(37)38-12-18-16-7-3-1-5-14(16)15-6-2-4-8-17(15)18/h1-8,10,18-24,32-34H,9,11-12H2,(H,28,37)(H,35,36)/t19-,20+,21+,22+,23+,24+/m0/s1. The van der Waals surface area contributed by atoms with E-state index in [9.17, 15) is 34.4 Å². The largest absolute Gasteiger partial charge is 0.480 e. The second-order valence-corrected chi connectivity index (χ2v) is 9.43. The molecular formula is C26H27FN4O8. The first kappa shape index (κ1) is 26.7. The molecular weight excluding hydrogens is 515 g/mol. The van der Waals surface area contributed by atoms with Gasteiger partial charge >= 0.3 is 12.1 Å². The number of nitrogens with zero attached hydrogens (tertiary/aromatic N) is 3. The summed E-state index contributed by atoms with van der Waals surface area (Å²) in [5.41, 5.74) is 4.21. The zero-order valence-electron chi connectivity index (χ0n) is 20.5. The van der Waals surface area contributed by atoms with Gasteiger partial charge in [-0.05, 0) is 22.3 Å². The van der Waals surface area contributed by atoms with Gasteiger partial charge in [0.2, 0.25) is 0 Å². The number of carboxylic acid groups (broad SMARTS) is 1. The number of carbonyl (C=O) groups excluding carboxylic acids is 1. The number of benzene rings is 2.